The van der Waals surface area contributed by atoms with Crippen LogP contribution >= 0.6 is 0 Å². The first kappa shape index (κ1) is 11.3. The Kier molecular flexibility index (Phi) is 2.78. The lowest BCUT2D eigenvalue weighted by Gasteiger charge is -2.25. The van der Waals surface area contributed by atoms with Crippen LogP contribution in [0.25, 0.3) is 11.0 Å². The van der Waals surface area contributed by atoms with Crippen molar-refractivity contribution in [1.82, 2.24) is 9.55 Å². The predicted molar refractivity (Wildman–Crippen MR) is 68.7 cm³/mol. The summed E-state index contributed by atoms with van der Waals surface area (Å²) in [5.41, 5.74) is 2.12. The fourth-order valence-electron chi connectivity index (χ4n) is 2.47. The molecule has 1 N–H and O–H groups in total. The molecule has 1 heterocycles. The number of carbonyl (C=O) groups is 1. The van der Waals surface area contributed by atoms with Gasteiger partial charge in [-0.2, -0.15) is 0 Å². The van der Waals surface area contributed by atoms with E-state index < -0.39 is 5.97 Å². The molecule has 0 bridgehead atoms. The number of aryl methyl sites for hydroxylation is 1. The predicted octanol–water partition coefficient (Wildman–Crippen LogP) is 2.92. The second kappa shape index (κ2) is 4.44. The van der Waals surface area contributed by atoms with E-state index in [1.165, 1.54) is 25.7 Å². The third-order valence-corrected chi connectivity index (χ3v) is 3.87. The van der Waals surface area contributed by atoms with E-state index in [2.05, 4.69) is 9.55 Å². The molecule has 0 aliphatic heterocycles. The Morgan fingerprint density at radius 3 is 2.94 bits per heavy atom. The molecular weight excluding hydrogens is 228 g/mol. The number of fused-ring (bicyclic) bond motifs is 1. The smallest absolute Gasteiger partial charge is 0.335 e. The highest BCUT2D eigenvalue weighted by molar-refractivity contribution is 5.92. The zero-order valence-electron chi connectivity index (χ0n) is 10.2. The number of hydrogen-bond donors (Lipinski definition) is 1. The molecule has 94 valence electrons. The van der Waals surface area contributed by atoms with E-state index in [4.69, 9.17) is 5.11 Å². The number of imidazole rings is 1. The number of aromatic nitrogens is 2. The standard InChI is InChI=1S/C14H16N2O2/c17-14(18)11-4-5-12-13(8-11)16(9-15-12)7-6-10-2-1-3-10/h4-5,8-10H,1-3,6-7H2,(H,17,18). The van der Waals surface area contributed by atoms with Crippen molar-refractivity contribution in [2.45, 2.75) is 32.2 Å². The number of nitrogens with zero attached hydrogens (tertiary/aromatic N) is 2. The fourth-order valence-corrected chi connectivity index (χ4v) is 2.47. The number of hydrogen-bond acceptors (Lipinski definition) is 2. The minimum Gasteiger partial charge on any atom is -0.478 e. The van der Waals surface area contributed by atoms with Crippen molar-refractivity contribution < 1.29 is 9.90 Å². The molecule has 3 rings (SSSR count). The van der Waals surface area contributed by atoms with Crippen molar-refractivity contribution in [3.05, 3.63) is 30.1 Å². The Hall–Kier alpha value is -1.84. The van der Waals surface area contributed by atoms with Gasteiger partial charge in [-0.05, 0) is 30.5 Å². The monoisotopic (exact) mass is 244 g/mol. The molecule has 0 amide bonds. The summed E-state index contributed by atoms with van der Waals surface area (Å²) >= 11 is 0. The number of rotatable bonds is 4. The number of carboxylic acids is 1. The quantitative estimate of drug-likeness (QED) is 0.899. The zero-order valence-corrected chi connectivity index (χ0v) is 10.2. The third-order valence-electron chi connectivity index (χ3n) is 3.87. The van der Waals surface area contributed by atoms with Gasteiger partial charge < -0.3 is 9.67 Å². The van der Waals surface area contributed by atoms with Gasteiger partial charge in [0, 0.05) is 6.54 Å². The number of benzene rings is 1. The van der Waals surface area contributed by atoms with E-state index >= 15 is 0 Å². The lowest BCUT2D eigenvalue weighted by atomic mass is 9.83. The van der Waals surface area contributed by atoms with Gasteiger partial charge in [0.25, 0.3) is 0 Å². The third kappa shape index (κ3) is 1.98. The maximum absolute atomic E-state index is 11.0. The highest BCUT2D eigenvalue weighted by Gasteiger charge is 2.17. The second-order valence-electron chi connectivity index (χ2n) is 5.03. The van der Waals surface area contributed by atoms with E-state index in [9.17, 15) is 4.79 Å². The maximum atomic E-state index is 11.0. The first-order valence-corrected chi connectivity index (χ1v) is 6.42. The summed E-state index contributed by atoms with van der Waals surface area (Å²) in [6.07, 6.45) is 7.02. The second-order valence-corrected chi connectivity index (χ2v) is 5.03. The summed E-state index contributed by atoms with van der Waals surface area (Å²) < 4.78 is 2.07. The molecule has 0 saturated heterocycles. The van der Waals surface area contributed by atoms with Crippen molar-refractivity contribution >= 4 is 17.0 Å². The average molecular weight is 244 g/mol. The van der Waals surface area contributed by atoms with Crippen LogP contribution in [0.2, 0.25) is 0 Å². The summed E-state index contributed by atoms with van der Waals surface area (Å²) in [7, 11) is 0. The Morgan fingerprint density at radius 2 is 2.28 bits per heavy atom. The van der Waals surface area contributed by atoms with Crippen molar-refractivity contribution in [2.24, 2.45) is 5.92 Å². The van der Waals surface area contributed by atoms with Crippen LogP contribution in [0.1, 0.15) is 36.0 Å². The van der Waals surface area contributed by atoms with Crippen LogP contribution in [0.4, 0.5) is 0 Å². The lowest BCUT2D eigenvalue weighted by molar-refractivity contribution is 0.0697. The van der Waals surface area contributed by atoms with Gasteiger partial charge in [-0.3, -0.25) is 0 Å². The average Bonchev–Trinajstić information content (AvgIpc) is 2.69. The van der Waals surface area contributed by atoms with Crippen molar-refractivity contribution in [1.29, 1.82) is 0 Å². The molecule has 4 heteroatoms. The van der Waals surface area contributed by atoms with Crippen molar-refractivity contribution in [3.8, 4) is 0 Å². The largest absolute Gasteiger partial charge is 0.478 e. The summed E-state index contributed by atoms with van der Waals surface area (Å²) in [4.78, 5) is 15.3. The Balaban J connectivity index is 1.86. The van der Waals surface area contributed by atoms with Crippen molar-refractivity contribution in [3.63, 3.8) is 0 Å². The normalized spacial score (nSPS) is 15.8. The van der Waals surface area contributed by atoms with E-state index in [1.807, 2.05) is 6.33 Å². The molecule has 1 aromatic heterocycles. The lowest BCUT2D eigenvalue weighted by Crippen LogP contribution is -2.13. The molecule has 0 radical (unpaired) electrons. The van der Waals surface area contributed by atoms with Gasteiger partial charge in [-0.25, -0.2) is 9.78 Å². The highest BCUT2D eigenvalue weighted by atomic mass is 16.4. The molecule has 0 spiro atoms. The van der Waals surface area contributed by atoms with Crippen LogP contribution in [0.3, 0.4) is 0 Å². The van der Waals surface area contributed by atoms with Gasteiger partial charge in [0.05, 0.1) is 22.9 Å². The molecule has 18 heavy (non-hydrogen) atoms. The van der Waals surface area contributed by atoms with E-state index in [1.54, 1.807) is 18.2 Å². The summed E-state index contributed by atoms with van der Waals surface area (Å²) in [5, 5.41) is 9.01. The minimum absolute atomic E-state index is 0.327. The van der Waals surface area contributed by atoms with Gasteiger partial charge >= 0.3 is 5.97 Å². The molecule has 0 unspecified atom stereocenters. The van der Waals surface area contributed by atoms with E-state index in [-0.39, 0.29) is 0 Å². The SMILES string of the molecule is O=C(O)c1ccc2ncn(CCC3CCC3)c2c1. The molecule has 1 aliphatic rings. The van der Waals surface area contributed by atoms with Gasteiger partial charge in [0.1, 0.15) is 0 Å². The van der Waals surface area contributed by atoms with E-state index in [0.29, 0.717) is 5.56 Å². The minimum atomic E-state index is -0.886. The summed E-state index contributed by atoms with van der Waals surface area (Å²) in [5.74, 6) is -0.0336. The molecule has 1 aliphatic carbocycles. The summed E-state index contributed by atoms with van der Waals surface area (Å²) in [6.45, 7) is 0.935. The van der Waals surface area contributed by atoms with Crippen LogP contribution < -0.4 is 0 Å². The first-order chi connectivity index (χ1) is 8.74. The van der Waals surface area contributed by atoms with Gasteiger partial charge in [0.15, 0.2) is 0 Å². The molecule has 1 fully saturated rings. The zero-order chi connectivity index (χ0) is 12.5. The van der Waals surface area contributed by atoms with Crippen LogP contribution in [-0.2, 0) is 6.54 Å². The Morgan fingerprint density at radius 1 is 1.44 bits per heavy atom. The van der Waals surface area contributed by atoms with Gasteiger partial charge in [-0.1, -0.05) is 19.3 Å². The molecular formula is C14H16N2O2. The topological polar surface area (TPSA) is 55.1 Å². The van der Waals surface area contributed by atoms with Gasteiger partial charge in [-0.15, -0.1) is 0 Å². The highest BCUT2D eigenvalue weighted by Crippen LogP contribution is 2.30. The number of aromatic carboxylic acids is 1. The number of carboxylic acid groups (broad SMARTS) is 1. The molecule has 1 saturated carbocycles. The van der Waals surface area contributed by atoms with Crippen LogP contribution in [-0.4, -0.2) is 20.6 Å². The molecule has 4 nitrogen and oxygen atoms in total. The van der Waals surface area contributed by atoms with Crippen LogP contribution in [0.15, 0.2) is 24.5 Å². The van der Waals surface area contributed by atoms with Gasteiger partial charge in [0.2, 0.25) is 0 Å². The Labute approximate surface area is 105 Å². The maximum Gasteiger partial charge on any atom is 0.335 e. The van der Waals surface area contributed by atoms with Crippen LogP contribution in [0.5, 0.6) is 0 Å². The molecule has 1 aromatic carbocycles. The fraction of sp³-hybridized carbons (Fsp3) is 0.429. The van der Waals surface area contributed by atoms with Crippen LogP contribution in [0, 0.1) is 5.92 Å². The van der Waals surface area contributed by atoms with E-state index in [0.717, 1.165) is 23.5 Å². The molecule has 0 atom stereocenters. The molecule has 2 aromatic rings. The summed E-state index contributed by atoms with van der Waals surface area (Å²) in [6, 6.07) is 5.10. The first-order valence-electron chi connectivity index (χ1n) is 6.42. The van der Waals surface area contributed by atoms with Crippen molar-refractivity contribution in [2.75, 3.05) is 0 Å². The Bertz CT molecular complexity index is 584.